The predicted octanol–water partition coefficient (Wildman–Crippen LogP) is 2.78. The van der Waals surface area contributed by atoms with Gasteiger partial charge in [-0.3, -0.25) is 9.89 Å². The summed E-state index contributed by atoms with van der Waals surface area (Å²) in [5.41, 5.74) is 1.48. The van der Waals surface area contributed by atoms with Crippen LogP contribution in [0.3, 0.4) is 0 Å². The molecule has 0 unspecified atom stereocenters. The summed E-state index contributed by atoms with van der Waals surface area (Å²) >= 11 is 0. The lowest BCUT2D eigenvalue weighted by Gasteiger charge is -2.35. The Kier molecular flexibility index (Phi) is 5.58. The quantitative estimate of drug-likeness (QED) is 0.876. The maximum absolute atomic E-state index is 12.8. The van der Waals surface area contributed by atoms with E-state index in [1.807, 2.05) is 45.0 Å². The van der Waals surface area contributed by atoms with E-state index >= 15 is 0 Å². The summed E-state index contributed by atoms with van der Waals surface area (Å²) in [6, 6.07) is 9.22. The number of hydrogen-bond acceptors (Lipinski definition) is 5. The highest BCUT2D eigenvalue weighted by molar-refractivity contribution is 5.93. The Bertz CT molecular complexity index is 831. The zero-order valence-corrected chi connectivity index (χ0v) is 16.7. The number of carbonyl (C=O) groups excluding carboxylic acids is 2. The van der Waals surface area contributed by atoms with Crippen molar-refractivity contribution >= 4 is 12.0 Å². The fourth-order valence-corrected chi connectivity index (χ4v) is 2.93. The van der Waals surface area contributed by atoms with Gasteiger partial charge < -0.3 is 19.3 Å². The molecule has 1 aromatic heterocycles. The van der Waals surface area contributed by atoms with Crippen LogP contribution in [-0.4, -0.2) is 70.9 Å². The topological polar surface area (TPSA) is 87.8 Å². The Morgan fingerprint density at radius 1 is 1.04 bits per heavy atom. The van der Waals surface area contributed by atoms with E-state index in [0.29, 0.717) is 37.6 Å². The van der Waals surface area contributed by atoms with Crippen molar-refractivity contribution in [1.29, 1.82) is 0 Å². The summed E-state index contributed by atoms with van der Waals surface area (Å²) in [4.78, 5) is 28.2. The summed E-state index contributed by atoms with van der Waals surface area (Å²) in [6.07, 6.45) is -0.345. The number of nitrogens with one attached hydrogen (secondary N) is 1. The van der Waals surface area contributed by atoms with E-state index in [9.17, 15) is 9.59 Å². The zero-order chi connectivity index (χ0) is 20.3. The van der Waals surface area contributed by atoms with Crippen molar-refractivity contribution in [1.82, 2.24) is 20.0 Å². The van der Waals surface area contributed by atoms with E-state index in [4.69, 9.17) is 9.47 Å². The molecule has 8 heteroatoms. The van der Waals surface area contributed by atoms with Gasteiger partial charge in [-0.25, -0.2) is 4.79 Å². The molecule has 1 fully saturated rings. The summed E-state index contributed by atoms with van der Waals surface area (Å²) < 4.78 is 10.5. The molecular weight excluding hydrogens is 360 g/mol. The minimum absolute atomic E-state index is 0.129. The van der Waals surface area contributed by atoms with Gasteiger partial charge >= 0.3 is 6.09 Å². The van der Waals surface area contributed by atoms with Crippen molar-refractivity contribution in [3.63, 3.8) is 0 Å². The number of ether oxygens (including phenoxy) is 2. The van der Waals surface area contributed by atoms with Gasteiger partial charge in [0.05, 0.1) is 12.8 Å². The van der Waals surface area contributed by atoms with Gasteiger partial charge in [0.1, 0.15) is 17.0 Å². The molecule has 2 aromatic rings. The van der Waals surface area contributed by atoms with Crippen molar-refractivity contribution in [3.05, 3.63) is 36.0 Å². The van der Waals surface area contributed by atoms with Crippen LogP contribution in [0.2, 0.25) is 0 Å². The first kappa shape index (κ1) is 19.7. The Labute approximate surface area is 164 Å². The average Bonchev–Trinajstić information content (AvgIpc) is 3.16. The maximum atomic E-state index is 12.8. The van der Waals surface area contributed by atoms with E-state index in [1.165, 1.54) is 0 Å². The Hall–Kier alpha value is -3.03. The van der Waals surface area contributed by atoms with E-state index in [0.717, 1.165) is 11.3 Å². The molecule has 2 amide bonds. The normalized spacial score (nSPS) is 14.7. The van der Waals surface area contributed by atoms with E-state index in [1.54, 1.807) is 23.0 Å². The number of aromatic amines is 1. The fraction of sp³-hybridized carbons (Fsp3) is 0.450. The number of methoxy groups -OCH3 is 1. The lowest BCUT2D eigenvalue weighted by atomic mass is 10.1. The van der Waals surface area contributed by atoms with Crippen LogP contribution in [0.4, 0.5) is 4.79 Å². The fourth-order valence-electron chi connectivity index (χ4n) is 2.93. The molecule has 1 N–H and O–H groups in total. The van der Waals surface area contributed by atoms with Crippen LogP contribution in [-0.2, 0) is 4.74 Å². The second-order valence-corrected chi connectivity index (χ2v) is 7.65. The van der Waals surface area contributed by atoms with Crippen LogP contribution in [0.25, 0.3) is 11.3 Å². The summed E-state index contributed by atoms with van der Waals surface area (Å²) in [7, 11) is 1.61. The van der Waals surface area contributed by atoms with Crippen LogP contribution < -0.4 is 4.74 Å². The van der Waals surface area contributed by atoms with Crippen molar-refractivity contribution in [2.45, 2.75) is 26.4 Å². The average molecular weight is 386 g/mol. The largest absolute Gasteiger partial charge is 0.497 e. The van der Waals surface area contributed by atoms with Gasteiger partial charge in [-0.2, -0.15) is 5.10 Å². The lowest BCUT2D eigenvalue weighted by Crippen LogP contribution is -2.51. The molecule has 0 aliphatic carbocycles. The standard InChI is InChI=1S/C20H26N4O4/c1-20(2,3)28-19(26)24-11-9-23(10-12-24)18(25)17-13-16(21-22-17)14-5-7-15(27-4)8-6-14/h5-8,13H,9-12H2,1-4H3,(H,21,22). The molecule has 0 atom stereocenters. The highest BCUT2D eigenvalue weighted by atomic mass is 16.6. The first-order chi connectivity index (χ1) is 13.3. The summed E-state index contributed by atoms with van der Waals surface area (Å²) in [6.45, 7) is 7.31. The Morgan fingerprint density at radius 3 is 2.21 bits per heavy atom. The molecule has 28 heavy (non-hydrogen) atoms. The van der Waals surface area contributed by atoms with Crippen molar-refractivity contribution in [2.75, 3.05) is 33.3 Å². The van der Waals surface area contributed by atoms with Crippen LogP contribution in [0.5, 0.6) is 5.75 Å². The van der Waals surface area contributed by atoms with Gasteiger partial charge in [0.25, 0.3) is 5.91 Å². The molecule has 0 bridgehead atoms. The molecule has 3 rings (SSSR count). The number of benzene rings is 1. The third-order valence-electron chi connectivity index (χ3n) is 4.41. The highest BCUT2D eigenvalue weighted by Gasteiger charge is 2.28. The van der Waals surface area contributed by atoms with E-state index < -0.39 is 5.60 Å². The number of rotatable bonds is 3. The van der Waals surface area contributed by atoms with Crippen molar-refractivity contribution in [2.24, 2.45) is 0 Å². The zero-order valence-electron chi connectivity index (χ0n) is 16.7. The van der Waals surface area contributed by atoms with Crippen LogP contribution in [0.1, 0.15) is 31.3 Å². The summed E-state index contributed by atoms with van der Waals surface area (Å²) in [5, 5.41) is 7.06. The van der Waals surface area contributed by atoms with Crippen LogP contribution in [0, 0.1) is 0 Å². The third-order valence-corrected chi connectivity index (χ3v) is 4.41. The van der Waals surface area contributed by atoms with Gasteiger partial charge in [0.15, 0.2) is 0 Å². The van der Waals surface area contributed by atoms with Gasteiger partial charge in [0.2, 0.25) is 0 Å². The molecule has 1 saturated heterocycles. The minimum atomic E-state index is -0.530. The predicted molar refractivity (Wildman–Crippen MR) is 104 cm³/mol. The number of piperazine rings is 1. The number of carbonyl (C=O) groups is 2. The molecule has 8 nitrogen and oxygen atoms in total. The van der Waals surface area contributed by atoms with Crippen molar-refractivity contribution < 1.29 is 19.1 Å². The lowest BCUT2D eigenvalue weighted by molar-refractivity contribution is 0.0140. The SMILES string of the molecule is COc1ccc(-c2cc(C(=O)N3CCN(C(=O)OC(C)(C)C)CC3)[nH]n2)cc1. The highest BCUT2D eigenvalue weighted by Crippen LogP contribution is 2.22. The van der Waals surface area contributed by atoms with Gasteiger partial charge in [-0.05, 0) is 51.1 Å². The van der Waals surface area contributed by atoms with Gasteiger partial charge in [0, 0.05) is 31.7 Å². The van der Waals surface area contributed by atoms with Gasteiger partial charge in [-0.1, -0.05) is 0 Å². The van der Waals surface area contributed by atoms with E-state index in [2.05, 4.69) is 10.2 Å². The molecule has 2 heterocycles. The number of hydrogen-bond donors (Lipinski definition) is 1. The van der Waals surface area contributed by atoms with Crippen LogP contribution in [0.15, 0.2) is 30.3 Å². The molecule has 1 aliphatic heterocycles. The Balaban J connectivity index is 1.60. The maximum Gasteiger partial charge on any atom is 0.410 e. The van der Waals surface area contributed by atoms with E-state index in [-0.39, 0.29) is 12.0 Å². The monoisotopic (exact) mass is 386 g/mol. The number of H-pyrrole nitrogens is 1. The molecule has 150 valence electrons. The third kappa shape index (κ3) is 4.62. The number of nitrogens with zero attached hydrogens (tertiary/aromatic N) is 3. The first-order valence-electron chi connectivity index (χ1n) is 9.24. The molecule has 0 spiro atoms. The van der Waals surface area contributed by atoms with Gasteiger partial charge in [-0.15, -0.1) is 0 Å². The molecule has 1 aliphatic rings. The molecule has 1 aromatic carbocycles. The summed E-state index contributed by atoms with van der Waals surface area (Å²) in [5.74, 6) is 0.634. The Morgan fingerprint density at radius 2 is 1.64 bits per heavy atom. The second kappa shape index (κ2) is 7.92. The van der Waals surface area contributed by atoms with Crippen LogP contribution >= 0.6 is 0 Å². The minimum Gasteiger partial charge on any atom is -0.497 e. The molecule has 0 saturated carbocycles. The molecule has 0 radical (unpaired) electrons. The molecular formula is C20H26N4O4. The first-order valence-corrected chi connectivity index (χ1v) is 9.24. The number of aromatic nitrogens is 2. The number of amides is 2. The smallest absolute Gasteiger partial charge is 0.410 e. The second-order valence-electron chi connectivity index (χ2n) is 7.65. The van der Waals surface area contributed by atoms with Crippen molar-refractivity contribution in [3.8, 4) is 17.0 Å².